The average molecular weight is 451 g/mol. The Kier molecular flexibility index (Phi) is 6.53. The lowest BCUT2D eigenvalue weighted by atomic mass is 10.1. The van der Waals surface area contributed by atoms with E-state index in [1.807, 2.05) is 0 Å². The predicted molar refractivity (Wildman–Crippen MR) is 104 cm³/mol. The number of imidazole rings is 1. The largest absolute Gasteiger partial charge is 0.463 e. The smallest absolute Gasteiger partial charge is 0.303 e. The molecule has 2 aromatic heterocycles. The minimum atomic E-state index is -1.19. The van der Waals surface area contributed by atoms with Gasteiger partial charge in [-0.3, -0.25) is 38.8 Å². The molecule has 14 nitrogen and oxygen atoms in total. The van der Waals surface area contributed by atoms with Gasteiger partial charge in [-0.25, -0.2) is 4.98 Å². The third-order valence-electron chi connectivity index (χ3n) is 4.35. The summed E-state index contributed by atoms with van der Waals surface area (Å²) < 4.78 is 22.8. The number of ether oxygens (including phenoxy) is 4. The standard InChI is InChI=1S/C18H21N5O9/c1-7(24)20-18-21-15-12(16(28)22-18)23(6-19-15)17-14(31-10(4)27)13(30-9(3)26)11(32-17)5-29-8(2)25/h6,11,13-14,17H,5H2,1-4H3,(H2,20,21,22,24,28)/t11-,13-,14-,17-/m1/s1. The molecule has 0 unspecified atom stereocenters. The maximum Gasteiger partial charge on any atom is 0.303 e. The fourth-order valence-corrected chi connectivity index (χ4v) is 3.29. The number of aromatic nitrogens is 4. The minimum Gasteiger partial charge on any atom is -0.463 e. The highest BCUT2D eigenvalue weighted by atomic mass is 16.7. The number of anilines is 1. The zero-order chi connectivity index (χ0) is 23.6. The number of amides is 1. The maximum absolute atomic E-state index is 12.7. The quantitative estimate of drug-likeness (QED) is 0.423. The van der Waals surface area contributed by atoms with Crippen molar-refractivity contribution in [1.29, 1.82) is 0 Å². The second-order valence-electron chi connectivity index (χ2n) is 6.94. The third-order valence-corrected chi connectivity index (χ3v) is 4.35. The molecule has 1 amide bonds. The van der Waals surface area contributed by atoms with Gasteiger partial charge in [-0.2, -0.15) is 4.98 Å². The van der Waals surface area contributed by atoms with Crippen LogP contribution in [0.1, 0.15) is 33.9 Å². The van der Waals surface area contributed by atoms with Crippen LogP contribution in [0.15, 0.2) is 11.1 Å². The van der Waals surface area contributed by atoms with Crippen LogP contribution in [-0.2, 0) is 38.1 Å². The van der Waals surface area contributed by atoms with E-state index in [-0.39, 0.29) is 23.7 Å². The number of hydrogen-bond donors (Lipinski definition) is 2. The van der Waals surface area contributed by atoms with E-state index < -0.39 is 53.9 Å². The van der Waals surface area contributed by atoms with Crippen LogP contribution < -0.4 is 10.9 Å². The Balaban J connectivity index is 2.05. The minimum absolute atomic E-state index is 0.0184. The van der Waals surface area contributed by atoms with Gasteiger partial charge >= 0.3 is 17.9 Å². The Bertz CT molecular complexity index is 1120. The first-order valence-corrected chi connectivity index (χ1v) is 9.44. The summed E-state index contributed by atoms with van der Waals surface area (Å²) in [6.07, 6.45) is -3.26. The number of nitrogens with one attached hydrogen (secondary N) is 2. The van der Waals surface area contributed by atoms with E-state index in [1.54, 1.807) is 0 Å². The first kappa shape index (κ1) is 22.9. The van der Waals surface area contributed by atoms with Crippen molar-refractivity contribution in [3.8, 4) is 0 Å². The summed E-state index contributed by atoms with van der Waals surface area (Å²) in [5, 5.41) is 2.35. The number of carbonyl (C=O) groups is 4. The summed E-state index contributed by atoms with van der Waals surface area (Å²) in [5.41, 5.74) is -0.722. The molecule has 14 heteroatoms. The fraction of sp³-hybridized carbons (Fsp3) is 0.500. The van der Waals surface area contributed by atoms with Gasteiger partial charge in [-0.05, 0) is 0 Å². The molecule has 1 aliphatic rings. The van der Waals surface area contributed by atoms with E-state index in [9.17, 15) is 24.0 Å². The van der Waals surface area contributed by atoms with Gasteiger partial charge in [0.15, 0.2) is 29.6 Å². The lowest BCUT2D eigenvalue weighted by molar-refractivity contribution is -0.166. The highest BCUT2D eigenvalue weighted by Crippen LogP contribution is 2.35. The third kappa shape index (κ3) is 4.91. The first-order chi connectivity index (χ1) is 15.1. The summed E-state index contributed by atoms with van der Waals surface area (Å²) in [6, 6.07) is 0. The highest BCUT2D eigenvalue weighted by Gasteiger charge is 2.51. The molecule has 0 radical (unpaired) electrons. The van der Waals surface area contributed by atoms with Gasteiger partial charge in [0.25, 0.3) is 5.56 Å². The van der Waals surface area contributed by atoms with Crippen LogP contribution >= 0.6 is 0 Å². The topological polar surface area (TPSA) is 181 Å². The van der Waals surface area contributed by atoms with Crippen LogP contribution in [0, 0.1) is 0 Å². The van der Waals surface area contributed by atoms with Gasteiger partial charge in [-0.15, -0.1) is 0 Å². The molecule has 3 rings (SSSR count). The molecule has 0 saturated carbocycles. The Morgan fingerprint density at radius 3 is 2.34 bits per heavy atom. The Morgan fingerprint density at radius 1 is 1.09 bits per heavy atom. The molecule has 172 valence electrons. The molecule has 0 aliphatic carbocycles. The number of carbonyl (C=O) groups excluding carboxylic acids is 4. The van der Waals surface area contributed by atoms with Gasteiger partial charge in [0, 0.05) is 27.7 Å². The normalized spacial score (nSPS) is 22.4. The summed E-state index contributed by atoms with van der Waals surface area (Å²) in [6.45, 7) is 4.46. The summed E-state index contributed by atoms with van der Waals surface area (Å²) >= 11 is 0. The summed E-state index contributed by atoms with van der Waals surface area (Å²) in [4.78, 5) is 69.1. The number of rotatable bonds is 6. The molecule has 2 aromatic rings. The van der Waals surface area contributed by atoms with Crippen LogP contribution in [0.25, 0.3) is 11.2 Å². The monoisotopic (exact) mass is 451 g/mol. The van der Waals surface area contributed by atoms with Crippen molar-refractivity contribution in [3.63, 3.8) is 0 Å². The Morgan fingerprint density at radius 2 is 1.75 bits per heavy atom. The molecule has 0 spiro atoms. The predicted octanol–water partition coefficient (Wildman–Crippen LogP) is -0.598. The molecule has 1 fully saturated rings. The van der Waals surface area contributed by atoms with E-state index in [4.69, 9.17) is 18.9 Å². The molecule has 1 aliphatic heterocycles. The first-order valence-electron chi connectivity index (χ1n) is 9.44. The molecule has 4 atom stereocenters. The Labute approximate surface area is 180 Å². The number of aromatic amines is 1. The maximum atomic E-state index is 12.7. The molecule has 2 N–H and O–H groups in total. The zero-order valence-electron chi connectivity index (χ0n) is 17.6. The van der Waals surface area contributed by atoms with Gasteiger partial charge in [-0.1, -0.05) is 0 Å². The van der Waals surface area contributed by atoms with Crippen LogP contribution in [0.3, 0.4) is 0 Å². The van der Waals surface area contributed by atoms with Crippen LogP contribution in [0.2, 0.25) is 0 Å². The number of nitrogens with zero attached hydrogens (tertiary/aromatic N) is 3. The summed E-state index contributed by atoms with van der Waals surface area (Å²) in [7, 11) is 0. The van der Waals surface area contributed by atoms with Crippen molar-refractivity contribution in [3.05, 3.63) is 16.7 Å². The van der Waals surface area contributed by atoms with E-state index in [0.29, 0.717) is 0 Å². The lowest BCUT2D eigenvalue weighted by Crippen LogP contribution is -2.40. The van der Waals surface area contributed by atoms with Crippen molar-refractivity contribution >= 4 is 40.9 Å². The van der Waals surface area contributed by atoms with Gasteiger partial charge < -0.3 is 18.9 Å². The number of fused-ring (bicyclic) bond motifs is 1. The molecule has 0 aromatic carbocycles. The number of esters is 3. The Hall–Kier alpha value is -3.81. The lowest BCUT2D eigenvalue weighted by Gasteiger charge is -2.23. The van der Waals surface area contributed by atoms with Gasteiger partial charge in [0.1, 0.15) is 19.0 Å². The zero-order valence-corrected chi connectivity index (χ0v) is 17.6. The average Bonchev–Trinajstić information content (AvgIpc) is 3.21. The second-order valence-corrected chi connectivity index (χ2v) is 6.94. The SMILES string of the molecule is CC(=O)Nc1nc2ncn([C@@H]3O[C@H](COC(C)=O)[C@@H](OC(C)=O)[C@H]3OC(C)=O)c2c(=O)[nH]1. The van der Waals surface area contributed by atoms with Gasteiger partial charge in [0.05, 0.1) is 0 Å². The molecular formula is C18H21N5O9. The van der Waals surface area contributed by atoms with Crippen molar-refractivity contribution in [2.45, 2.75) is 52.2 Å². The van der Waals surface area contributed by atoms with Crippen molar-refractivity contribution in [1.82, 2.24) is 19.5 Å². The molecular weight excluding hydrogens is 430 g/mol. The van der Waals surface area contributed by atoms with E-state index >= 15 is 0 Å². The summed E-state index contributed by atoms with van der Waals surface area (Å²) in [5.74, 6) is -2.52. The van der Waals surface area contributed by atoms with Crippen LogP contribution in [0.5, 0.6) is 0 Å². The highest BCUT2D eigenvalue weighted by molar-refractivity contribution is 5.87. The van der Waals surface area contributed by atoms with E-state index in [2.05, 4.69) is 20.3 Å². The fourth-order valence-electron chi connectivity index (χ4n) is 3.29. The van der Waals surface area contributed by atoms with E-state index in [0.717, 1.165) is 13.8 Å². The van der Waals surface area contributed by atoms with Crippen LogP contribution in [-0.4, -0.2) is 68.3 Å². The molecule has 32 heavy (non-hydrogen) atoms. The number of H-pyrrole nitrogens is 1. The molecule has 3 heterocycles. The molecule has 0 bridgehead atoms. The van der Waals surface area contributed by atoms with Crippen molar-refractivity contribution < 1.29 is 38.1 Å². The van der Waals surface area contributed by atoms with Crippen molar-refractivity contribution in [2.75, 3.05) is 11.9 Å². The van der Waals surface area contributed by atoms with Crippen LogP contribution in [0.4, 0.5) is 5.95 Å². The van der Waals surface area contributed by atoms with Crippen molar-refractivity contribution in [2.24, 2.45) is 0 Å². The van der Waals surface area contributed by atoms with E-state index in [1.165, 1.54) is 24.7 Å². The second kappa shape index (κ2) is 9.13. The number of hydrogen-bond acceptors (Lipinski definition) is 11. The molecule has 1 saturated heterocycles. The van der Waals surface area contributed by atoms with Gasteiger partial charge in [0.2, 0.25) is 11.9 Å².